The SMILES string of the molecule is O=C(COc1ccnc2c1CCCC2)Nc1cc(C(F)(F)F)cc(C(F)(F)F)c1. The van der Waals surface area contributed by atoms with Gasteiger partial charge in [-0.15, -0.1) is 0 Å². The topological polar surface area (TPSA) is 51.2 Å². The molecule has 3 rings (SSSR count). The fourth-order valence-electron chi connectivity index (χ4n) is 3.10. The molecule has 0 aliphatic heterocycles. The number of anilines is 1. The molecule has 1 heterocycles. The first-order chi connectivity index (χ1) is 13.5. The fourth-order valence-corrected chi connectivity index (χ4v) is 3.10. The van der Waals surface area contributed by atoms with Gasteiger partial charge in [0.25, 0.3) is 5.91 Å². The Labute approximate surface area is 161 Å². The van der Waals surface area contributed by atoms with Gasteiger partial charge in [0.1, 0.15) is 5.75 Å². The molecule has 0 fully saturated rings. The van der Waals surface area contributed by atoms with Crippen molar-refractivity contribution in [1.29, 1.82) is 0 Å². The predicted molar refractivity (Wildman–Crippen MR) is 91.4 cm³/mol. The van der Waals surface area contributed by atoms with E-state index in [9.17, 15) is 31.1 Å². The third-order valence-electron chi connectivity index (χ3n) is 4.42. The normalized spacial score (nSPS) is 14.3. The van der Waals surface area contributed by atoms with Gasteiger partial charge in [-0.2, -0.15) is 26.3 Å². The molecule has 1 N–H and O–H groups in total. The van der Waals surface area contributed by atoms with Crippen LogP contribution in [0.15, 0.2) is 30.5 Å². The largest absolute Gasteiger partial charge is 0.483 e. The van der Waals surface area contributed by atoms with Gasteiger partial charge in [-0.25, -0.2) is 0 Å². The summed E-state index contributed by atoms with van der Waals surface area (Å²) < 4.78 is 82.8. The summed E-state index contributed by atoms with van der Waals surface area (Å²) in [5.74, 6) is -0.441. The van der Waals surface area contributed by atoms with E-state index in [-0.39, 0.29) is 6.07 Å². The van der Waals surface area contributed by atoms with Crippen molar-refractivity contribution >= 4 is 11.6 Å². The number of carbonyl (C=O) groups is 1. The number of aryl methyl sites for hydroxylation is 1. The summed E-state index contributed by atoms with van der Waals surface area (Å²) in [7, 11) is 0. The van der Waals surface area contributed by atoms with Gasteiger partial charge in [0, 0.05) is 23.1 Å². The molecule has 0 spiro atoms. The number of pyridine rings is 1. The molecule has 156 valence electrons. The van der Waals surface area contributed by atoms with Crippen LogP contribution >= 0.6 is 0 Å². The van der Waals surface area contributed by atoms with Gasteiger partial charge < -0.3 is 10.1 Å². The molecule has 2 aromatic rings. The van der Waals surface area contributed by atoms with Crippen LogP contribution in [-0.4, -0.2) is 17.5 Å². The predicted octanol–water partition coefficient (Wildman–Crippen LogP) is 5.02. The second kappa shape index (κ2) is 7.92. The van der Waals surface area contributed by atoms with Gasteiger partial charge >= 0.3 is 12.4 Å². The molecule has 1 aliphatic rings. The van der Waals surface area contributed by atoms with E-state index in [4.69, 9.17) is 4.74 Å². The number of amides is 1. The van der Waals surface area contributed by atoms with Crippen LogP contribution in [0.1, 0.15) is 35.2 Å². The molecule has 0 bridgehead atoms. The lowest BCUT2D eigenvalue weighted by Gasteiger charge is -2.18. The lowest BCUT2D eigenvalue weighted by Crippen LogP contribution is -2.22. The number of nitrogens with one attached hydrogen (secondary N) is 1. The summed E-state index contributed by atoms with van der Waals surface area (Å²) >= 11 is 0. The quantitative estimate of drug-likeness (QED) is 0.710. The second-order valence-corrected chi connectivity index (χ2v) is 6.57. The molecule has 4 nitrogen and oxygen atoms in total. The molecular weight excluding hydrogens is 402 g/mol. The van der Waals surface area contributed by atoms with E-state index in [0.29, 0.717) is 17.9 Å². The number of hydrogen-bond donors (Lipinski definition) is 1. The first kappa shape index (κ1) is 20.9. The molecule has 1 aliphatic carbocycles. The highest BCUT2D eigenvalue weighted by molar-refractivity contribution is 5.92. The van der Waals surface area contributed by atoms with Gasteiger partial charge in [-0.1, -0.05) is 0 Å². The molecule has 10 heteroatoms. The highest BCUT2D eigenvalue weighted by atomic mass is 19.4. The second-order valence-electron chi connectivity index (χ2n) is 6.57. The number of fused-ring (bicyclic) bond motifs is 1. The number of hydrogen-bond acceptors (Lipinski definition) is 3. The minimum Gasteiger partial charge on any atom is -0.483 e. The smallest absolute Gasteiger partial charge is 0.416 e. The van der Waals surface area contributed by atoms with Crippen LogP contribution in [0.25, 0.3) is 0 Å². The molecule has 29 heavy (non-hydrogen) atoms. The number of rotatable bonds is 4. The van der Waals surface area contributed by atoms with Crippen molar-refractivity contribution in [3.05, 3.63) is 52.8 Å². The fraction of sp³-hybridized carbons (Fsp3) is 0.368. The Morgan fingerprint density at radius 1 is 1.00 bits per heavy atom. The Morgan fingerprint density at radius 2 is 1.62 bits per heavy atom. The van der Waals surface area contributed by atoms with E-state index in [1.165, 1.54) is 6.20 Å². The summed E-state index contributed by atoms with van der Waals surface area (Å²) in [5, 5.41) is 2.04. The summed E-state index contributed by atoms with van der Waals surface area (Å²) in [6.07, 6.45) is -5.03. The number of nitrogens with zero attached hydrogens (tertiary/aromatic N) is 1. The van der Waals surface area contributed by atoms with Crippen molar-refractivity contribution in [2.45, 2.75) is 38.0 Å². The summed E-state index contributed by atoms with van der Waals surface area (Å²) in [6.45, 7) is -0.561. The van der Waals surface area contributed by atoms with Crippen molar-refractivity contribution in [1.82, 2.24) is 4.98 Å². The highest BCUT2D eigenvalue weighted by Gasteiger charge is 2.37. The van der Waals surface area contributed by atoms with Gasteiger partial charge in [0.15, 0.2) is 6.61 Å². The van der Waals surface area contributed by atoms with E-state index < -0.39 is 41.7 Å². The summed E-state index contributed by atoms with van der Waals surface area (Å²) in [4.78, 5) is 16.3. The number of aromatic nitrogens is 1. The lowest BCUT2D eigenvalue weighted by molar-refractivity contribution is -0.143. The van der Waals surface area contributed by atoms with Crippen molar-refractivity contribution in [2.75, 3.05) is 11.9 Å². The molecule has 1 aromatic heterocycles. The number of benzene rings is 1. The van der Waals surface area contributed by atoms with Crippen LogP contribution in [0, 0.1) is 0 Å². The lowest BCUT2D eigenvalue weighted by atomic mass is 9.95. The highest BCUT2D eigenvalue weighted by Crippen LogP contribution is 2.37. The maximum atomic E-state index is 12.9. The minimum atomic E-state index is -4.99. The number of halogens is 6. The Hall–Kier alpha value is -2.78. The van der Waals surface area contributed by atoms with E-state index >= 15 is 0 Å². The van der Waals surface area contributed by atoms with Gasteiger partial charge in [0.2, 0.25) is 0 Å². The van der Waals surface area contributed by atoms with Gasteiger partial charge in [0.05, 0.1) is 11.1 Å². The third kappa shape index (κ3) is 5.18. The van der Waals surface area contributed by atoms with E-state index in [2.05, 4.69) is 4.98 Å². The number of ether oxygens (including phenoxy) is 1. The molecular formula is C19H16F6N2O2. The Morgan fingerprint density at radius 3 is 2.24 bits per heavy atom. The van der Waals surface area contributed by atoms with Crippen molar-refractivity contribution in [3.8, 4) is 5.75 Å². The standard InChI is InChI=1S/C19H16F6N2O2/c20-18(21,22)11-7-12(19(23,24)25)9-13(8-11)27-17(28)10-29-16-5-6-26-15-4-2-1-3-14(15)16/h5-9H,1-4,10H2,(H,27,28). The van der Waals surface area contributed by atoms with Crippen molar-refractivity contribution in [2.24, 2.45) is 0 Å². The van der Waals surface area contributed by atoms with E-state index in [0.717, 1.165) is 36.9 Å². The van der Waals surface area contributed by atoms with E-state index in [1.54, 1.807) is 6.07 Å². The first-order valence-corrected chi connectivity index (χ1v) is 8.73. The molecule has 1 aromatic carbocycles. The minimum absolute atomic E-state index is 0.00455. The zero-order valence-electron chi connectivity index (χ0n) is 15.0. The first-order valence-electron chi connectivity index (χ1n) is 8.73. The number of carbonyl (C=O) groups excluding carboxylic acids is 1. The van der Waals surface area contributed by atoms with Crippen LogP contribution in [0.5, 0.6) is 5.75 Å². The molecule has 0 radical (unpaired) electrons. The van der Waals surface area contributed by atoms with Crippen LogP contribution in [-0.2, 0) is 30.0 Å². The molecule has 0 unspecified atom stereocenters. The molecule has 0 saturated heterocycles. The Balaban J connectivity index is 1.74. The number of alkyl halides is 6. The maximum absolute atomic E-state index is 12.9. The third-order valence-corrected chi connectivity index (χ3v) is 4.42. The molecule has 0 saturated carbocycles. The summed E-state index contributed by atoms with van der Waals surface area (Å²) in [6, 6.07) is 2.46. The van der Waals surface area contributed by atoms with Crippen LogP contribution in [0.2, 0.25) is 0 Å². The van der Waals surface area contributed by atoms with Crippen LogP contribution in [0.4, 0.5) is 32.0 Å². The monoisotopic (exact) mass is 418 g/mol. The van der Waals surface area contributed by atoms with Crippen LogP contribution < -0.4 is 10.1 Å². The van der Waals surface area contributed by atoms with Gasteiger partial charge in [-0.3, -0.25) is 9.78 Å². The van der Waals surface area contributed by atoms with Crippen molar-refractivity contribution < 1.29 is 35.9 Å². The molecule has 1 amide bonds. The zero-order chi connectivity index (χ0) is 21.2. The van der Waals surface area contributed by atoms with E-state index in [1.807, 2.05) is 5.32 Å². The molecule has 0 atom stereocenters. The average Bonchev–Trinajstić information content (AvgIpc) is 2.64. The average molecular weight is 418 g/mol. The maximum Gasteiger partial charge on any atom is 0.416 e. The zero-order valence-corrected chi connectivity index (χ0v) is 15.0. The van der Waals surface area contributed by atoms with Gasteiger partial charge in [-0.05, 0) is 49.9 Å². The Kier molecular flexibility index (Phi) is 5.72. The van der Waals surface area contributed by atoms with Crippen molar-refractivity contribution in [3.63, 3.8) is 0 Å². The Bertz CT molecular complexity index is 876. The summed E-state index contributed by atoms with van der Waals surface area (Å²) in [5.41, 5.74) is -1.90. The van der Waals surface area contributed by atoms with Crippen LogP contribution in [0.3, 0.4) is 0 Å².